The first-order valence-corrected chi connectivity index (χ1v) is 9.08. The molecule has 5 nitrogen and oxygen atoms in total. The zero-order valence-electron chi connectivity index (χ0n) is 13.2. The third-order valence-electron chi connectivity index (χ3n) is 3.63. The summed E-state index contributed by atoms with van der Waals surface area (Å²) in [5.74, 6) is 0. The SMILES string of the molecule is CN(C)c1cccc2c(S(=O)(=O)Nc3cccnc3Cl)cccc12. The smallest absolute Gasteiger partial charge is 0.262 e. The number of sulfonamides is 1. The van der Waals surface area contributed by atoms with Gasteiger partial charge < -0.3 is 4.90 Å². The molecule has 124 valence electrons. The lowest BCUT2D eigenvalue weighted by Crippen LogP contribution is -2.14. The van der Waals surface area contributed by atoms with Crippen LogP contribution in [0.25, 0.3) is 10.8 Å². The Kier molecular flexibility index (Phi) is 4.34. The highest BCUT2D eigenvalue weighted by atomic mass is 35.5. The van der Waals surface area contributed by atoms with Gasteiger partial charge in [-0.25, -0.2) is 13.4 Å². The van der Waals surface area contributed by atoms with E-state index in [0.29, 0.717) is 5.39 Å². The van der Waals surface area contributed by atoms with Crippen molar-refractivity contribution in [3.8, 4) is 0 Å². The molecule has 0 amide bonds. The van der Waals surface area contributed by atoms with Crippen LogP contribution >= 0.6 is 11.6 Å². The van der Waals surface area contributed by atoms with Gasteiger partial charge in [-0.1, -0.05) is 35.9 Å². The van der Waals surface area contributed by atoms with Crippen LogP contribution in [0.5, 0.6) is 0 Å². The van der Waals surface area contributed by atoms with Gasteiger partial charge in [0.2, 0.25) is 0 Å². The lowest BCUT2D eigenvalue weighted by Gasteiger charge is -2.17. The second kappa shape index (κ2) is 6.30. The van der Waals surface area contributed by atoms with Crippen LogP contribution < -0.4 is 9.62 Å². The van der Waals surface area contributed by atoms with Crippen molar-refractivity contribution in [3.63, 3.8) is 0 Å². The minimum absolute atomic E-state index is 0.107. The fraction of sp³-hybridized carbons (Fsp3) is 0.118. The Morgan fingerprint density at radius 2 is 1.71 bits per heavy atom. The number of pyridine rings is 1. The summed E-state index contributed by atoms with van der Waals surface area (Å²) in [4.78, 5) is 6.03. The van der Waals surface area contributed by atoms with E-state index in [-0.39, 0.29) is 15.7 Å². The van der Waals surface area contributed by atoms with Crippen LogP contribution in [-0.2, 0) is 10.0 Å². The lowest BCUT2D eigenvalue weighted by molar-refractivity contribution is 0.602. The first kappa shape index (κ1) is 16.5. The fourth-order valence-electron chi connectivity index (χ4n) is 2.55. The lowest BCUT2D eigenvalue weighted by atomic mass is 10.1. The molecule has 1 N–H and O–H groups in total. The molecule has 0 fully saturated rings. The van der Waals surface area contributed by atoms with E-state index < -0.39 is 10.0 Å². The molecule has 7 heteroatoms. The molecule has 1 heterocycles. The van der Waals surface area contributed by atoms with Gasteiger partial charge in [-0.05, 0) is 24.3 Å². The minimum Gasteiger partial charge on any atom is -0.377 e. The van der Waals surface area contributed by atoms with Gasteiger partial charge in [0, 0.05) is 36.8 Å². The van der Waals surface area contributed by atoms with Crippen LogP contribution in [0.1, 0.15) is 0 Å². The standard InChI is InChI=1S/C17H16ClN3O2S/c1-21(2)15-9-3-7-13-12(15)6-4-10-16(13)24(22,23)20-14-8-5-11-19-17(14)18/h3-11,20H,1-2H3. The molecule has 1 aromatic heterocycles. The molecule has 0 aliphatic heterocycles. The molecule has 0 atom stereocenters. The zero-order chi connectivity index (χ0) is 17.3. The van der Waals surface area contributed by atoms with E-state index in [1.807, 2.05) is 37.2 Å². The van der Waals surface area contributed by atoms with Gasteiger partial charge in [0.25, 0.3) is 10.0 Å². The summed E-state index contributed by atoms with van der Waals surface area (Å²) in [7, 11) is 0.0426. The summed E-state index contributed by atoms with van der Waals surface area (Å²) >= 11 is 5.96. The third kappa shape index (κ3) is 3.02. The van der Waals surface area contributed by atoms with E-state index in [9.17, 15) is 8.42 Å². The molecule has 0 saturated heterocycles. The molecule has 0 spiro atoms. The van der Waals surface area contributed by atoms with E-state index in [4.69, 9.17) is 11.6 Å². The highest BCUT2D eigenvalue weighted by Gasteiger charge is 2.19. The number of fused-ring (bicyclic) bond motifs is 1. The Labute approximate surface area is 145 Å². The Morgan fingerprint density at radius 3 is 2.42 bits per heavy atom. The van der Waals surface area contributed by atoms with Gasteiger partial charge in [0.15, 0.2) is 5.15 Å². The van der Waals surface area contributed by atoms with E-state index >= 15 is 0 Å². The van der Waals surface area contributed by atoms with Gasteiger partial charge in [-0.3, -0.25) is 4.72 Å². The predicted molar refractivity (Wildman–Crippen MR) is 98.3 cm³/mol. The third-order valence-corrected chi connectivity index (χ3v) is 5.36. The Morgan fingerprint density at radius 1 is 1.00 bits per heavy atom. The van der Waals surface area contributed by atoms with Crippen molar-refractivity contribution in [3.05, 3.63) is 59.9 Å². The second-order valence-electron chi connectivity index (χ2n) is 5.47. The molecule has 0 unspecified atom stereocenters. The van der Waals surface area contributed by atoms with E-state index in [1.54, 1.807) is 30.3 Å². The van der Waals surface area contributed by atoms with Crippen molar-refractivity contribution in [2.75, 3.05) is 23.7 Å². The largest absolute Gasteiger partial charge is 0.377 e. The Balaban J connectivity index is 2.15. The maximum Gasteiger partial charge on any atom is 0.262 e. The zero-order valence-corrected chi connectivity index (χ0v) is 14.8. The van der Waals surface area contributed by atoms with Gasteiger partial charge in [0.05, 0.1) is 10.6 Å². The van der Waals surface area contributed by atoms with Crippen molar-refractivity contribution < 1.29 is 8.42 Å². The first-order valence-electron chi connectivity index (χ1n) is 7.22. The molecule has 0 aliphatic rings. The number of aromatic nitrogens is 1. The first-order chi connectivity index (χ1) is 11.4. The molecule has 3 aromatic rings. The summed E-state index contributed by atoms with van der Waals surface area (Å²) in [5.41, 5.74) is 1.20. The number of nitrogens with one attached hydrogen (secondary N) is 1. The molecule has 0 saturated carbocycles. The van der Waals surface area contributed by atoms with Crippen molar-refractivity contribution in [1.29, 1.82) is 0 Å². The Bertz CT molecular complexity index is 1000. The fourth-order valence-corrected chi connectivity index (χ4v) is 4.06. The van der Waals surface area contributed by atoms with E-state index in [0.717, 1.165) is 11.1 Å². The van der Waals surface area contributed by atoms with Gasteiger partial charge in [-0.15, -0.1) is 0 Å². The van der Waals surface area contributed by atoms with Crippen LogP contribution in [0.4, 0.5) is 11.4 Å². The molecule has 0 radical (unpaired) electrons. The second-order valence-corrected chi connectivity index (χ2v) is 7.48. The van der Waals surface area contributed by atoms with Crippen molar-refractivity contribution in [2.45, 2.75) is 4.90 Å². The Hall–Kier alpha value is -2.31. The number of hydrogen-bond acceptors (Lipinski definition) is 4. The molecular weight excluding hydrogens is 346 g/mol. The van der Waals surface area contributed by atoms with Crippen molar-refractivity contribution >= 4 is 43.8 Å². The van der Waals surface area contributed by atoms with Gasteiger partial charge >= 0.3 is 0 Å². The van der Waals surface area contributed by atoms with Gasteiger partial charge in [0.1, 0.15) is 0 Å². The minimum atomic E-state index is -3.80. The maximum atomic E-state index is 12.8. The highest BCUT2D eigenvalue weighted by molar-refractivity contribution is 7.93. The molecule has 3 rings (SSSR count). The number of rotatable bonds is 4. The summed E-state index contributed by atoms with van der Waals surface area (Å²) in [6.07, 6.45) is 1.50. The van der Waals surface area contributed by atoms with E-state index in [1.165, 1.54) is 6.20 Å². The summed E-state index contributed by atoms with van der Waals surface area (Å²) in [5, 5.41) is 1.62. The van der Waals surface area contributed by atoms with E-state index in [2.05, 4.69) is 9.71 Å². The molecular formula is C17H16ClN3O2S. The van der Waals surface area contributed by atoms with Crippen LogP contribution in [-0.4, -0.2) is 27.5 Å². The highest BCUT2D eigenvalue weighted by Crippen LogP contribution is 2.31. The molecule has 2 aromatic carbocycles. The van der Waals surface area contributed by atoms with Gasteiger partial charge in [-0.2, -0.15) is 0 Å². The van der Waals surface area contributed by atoms with Crippen LogP contribution in [0.15, 0.2) is 59.6 Å². The molecule has 0 aliphatic carbocycles. The van der Waals surface area contributed by atoms with Crippen LogP contribution in [0.2, 0.25) is 5.15 Å². The van der Waals surface area contributed by atoms with Crippen molar-refractivity contribution in [2.24, 2.45) is 0 Å². The van der Waals surface area contributed by atoms with Crippen LogP contribution in [0.3, 0.4) is 0 Å². The normalized spacial score (nSPS) is 11.5. The average Bonchev–Trinajstić information content (AvgIpc) is 2.55. The summed E-state index contributed by atoms with van der Waals surface area (Å²) < 4.78 is 28.2. The topological polar surface area (TPSA) is 62.3 Å². The number of hydrogen-bond donors (Lipinski definition) is 1. The quantitative estimate of drug-likeness (QED) is 0.719. The van der Waals surface area contributed by atoms with Crippen LogP contribution in [0, 0.1) is 0 Å². The number of benzene rings is 2. The number of halogens is 1. The number of nitrogens with zero attached hydrogens (tertiary/aromatic N) is 2. The maximum absolute atomic E-state index is 12.8. The number of anilines is 2. The average molecular weight is 362 g/mol. The summed E-state index contributed by atoms with van der Waals surface area (Å²) in [6.45, 7) is 0. The summed E-state index contributed by atoms with van der Waals surface area (Å²) in [6, 6.07) is 14.0. The molecule has 24 heavy (non-hydrogen) atoms. The predicted octanol–water partition coefficient (Wildman–Crippen LogP) is 3.76. The van der Waals surface area contributed by atoms with Crippen molar-refractivity contribution in [1.82, 2.24) is 4.98 Å². The molecule has 0 bridgehead atoms. The monoisotopic (exact) mass is 361 g/mol.